The van der Waals surface area contributed by atoms with Gasteiger partial charge in [-0.2, -0.15) is 23.7 Å². The van der Waals surface area contributed by atoms with E-state index in [1.165, 1.54) is 18.2 Å². The molecule has 210 valence electrons. The third kappa shape index (κ3) is 6.19. The Hall–Kier alpha value is -4.38. The highest BCUT2D eigenvalue weighted by Gasteiger charge is 2.42. The molecule has 0 unspecified atom stereocenters. The summed E-state index contributed by atoms with van der Waals surface area (Å²) in [5.74, 6) is 0. The highest BCUT2D eigenvalue weighted by molar-refractivity contribution is 5.89. The van der Waals surface area contributed by atoms with Crippen molar-refractivity contribution in [1.29, 1.82) is 10.5 Å². The lowest BCUT2D eigenvalue weighted by Crippen LogP contribution is -2.47. The Morgan fingerprint density at radius 2 is 1.59 bits per heavy atom. The number of nitrogens with zero attached hydrogens (tertiary/aromatic N) is 3. The van der Waals surface area contributed by atoms with Crippen molar-refractivity contribution in [1.82, 2.24) is 10.2 Å². The van der Waals surface area contributed by atoms with E-state index in [0.717, 1.165) is 32.0 Å². The Balaban J connectivity index is 1.42. The number of alkyl carbamates (subject to hydrolysis) is 1. The number of carbonyl (C=O) groups excluding carboxylic acids is 1. The zero-order valence-electron chi connectivity index (χ0n) is 22.1. The highest BCUT2D eigenvalue weighted by atomic mass is 19.4. The third-order valence-corrected chi connectivity index (χ3v) is 7.60. The van der Waals surface area contributed by atoms with Crippen LogP contribution in [0.3, 0.4) is 0 Å². The van der Waals surface area contributed by atoms with Crippen molar-refractivity contribution < 1.29 is 27.4 Å². The molecule has 1 amide bonds. The number of ether oxygens (including phenoxy) is 2. The normalized spacial score (nSPS) is 16.6. The average molecular weight is 561 g/mol. The van der Waals surface area contributed by atoms with Gasteiger partial charge in [0.05, 0.1) is 48.6 Å². The van der Waals surface area contributed by atoms with Gasteiger partial charge in [0.15, 0.2) is 0 Å². The molecule has 2 heterocycles. The van der Waals surface area contributed by atoms with Crippen LogP contribution in [-0.4, -0.2) is 49.4 Å². The molecule has 2 aliphatic heterocycles. The van der Waals surface area contributed by atoms with Gasteiger partial charge < -0.3 is 19.7 Å². The standard InChI is InChI=1S/C31H27F3N4O3/c32-31(33,34)26-8-7-25(19-40-14-13-38-11-9-30(10-12-38)20-37-29(39)41-30)27(23-5-1-3-21(15-23)17-35)28(26)24-6-2-4-22(16-24)18-36/h1-8,15-16H,9-14,19-20H2,(H,37,39). The quantitative estimate of drug-likeness (QED) is 0.363. The van der Waals surface area contributed by atoms with Crippen molar-refractivity contribution in [2.24, 2.45) is 0 Å². The Bertz CT molecular complexity index is 1530. The molecule has 7 nitrogen and oxygen atoms in total. The monoisotopic (exact) mass is 560 g/mol. The predicted octanol–water partition coefficient (Wildman–Crippen LogP) is 5.87. The van der Waals surface area contributed by atoms with Gasteiger partial charge in [-0.25, -0.2) is 4.79 Å². The number of hydrogen-bond acceptors (Lipinski definition) is 6. The molecule has 10 heteroatoms. The van der Waals surface area contributed by atoms with Gasteiger partial charge in [-0.1, -0.05) is 30.3 Å². The van der Waals surface area contributed by atoms with Crippen molar-refractivity contribution in [3.63, 3.8) is 0 Å². The number of nitriles is 2. The zero-order chi connectivity index (χ0) is 29.0. The molecule has 0 aromatic heterocycles. The smallest absolute Gasteiger partial charge is 0.417 e. The number of alkyl halides is 3. The van der Waals surface area contributed by atoms with E-state index < -0.39 is 17.3 Å². The number of rotatable bonds is 7. The Morgan fingerprint density at radius 3 is 2.15 bits per heavy atom. The molecule has 0 aliphatic carbocycles. The molecule has 2 saturated heterocycles. The molecule has 41 heavy (non-hydrogen) atoms. The van der Waals surface area contributed by atoms with E-state index in [2.05, 4.69) is 16.3 Å². The van der Waals surface area contributed by atoms with Crippen LogP contribution in [0.25, 0.3) is 22.3 Å². The largest absolute Gasteiger partial charge is 0.441 e. The molecule has 3 aromatic carbocycles. The van der Waals surface area contributed by atoms with Crippen molar-refractivity contribution in [3.8, 4) is 34.4 Å². The predicted molar refractivity (Wildman–Crippen MR) is 144 cm³/mol. The summed E-state index contributed by atoms with van der Waals surface area (Å²) < 4.78 is 54.5. The first-order valence-corrected chi connectivity index (χ1v) is 13.2. The number of piperidine rings is 1. The second-order valence-electron chi connectivity index (χ2n) is 10.2. The summed E-state index contributed by atoms with van der Waals surface area (Å²) in [4.78, 5) is 13.7. The van der Waals surface area contributed by atoms with Crippen LogP contribution in [0.15, 0.2) is 60.7 Å². The van der Waals surface area contributed by atoms with Gasteiger partial charge in [-0.3, -0.25) is 0 Å². The van der Waals surface area contributed by atoms with Crippen LogP contribution in [-0.2, 0) is 22.3 Å². The molecule has 0 radical (unpaired) electrons. The maximum absolute atomic E-state index is 14.3. The average Bonchev–Trinajstić information content (AvgIpc) is 3.34. The van der Waals surface area contributed by atoms with E-state index >= 15 is 0 Å². The first-order chi connectivity index (χ1) is 19.7. The van der Waals surface area contributed by atoms with Gasteiger partial charge in [-0.05, 0) is 52.6 Å². The van der Waals surface area contributed by atoms with E-state index in [0.29, 0.717) is 42.0 Å². The summed E-state index contributed by atoms with van der Waals surface area (Å²) in [6, 6.07) is 19.1. The molecular weight excluding hydrogens is 533 g/mol. The number of carbonyl (C=O) groups is 1. The van der Waals surface area contributed by atoms with Gasteiger partial charge in [0.1, 0.15) is 5.60 Å². The van der Waals surface area contributed by atoms with Crippen LogP contribution in [0.4, 0.5) is 18.0 Å². The molecule has 2 fully saturated rings. The molecular formula is C31H27F3N4O3. The van der Waals surface area contributed by atoms with Crippen LogP contribution >= 0.6 is 0 Å². The molecule has 2 aliphatic rings. The van der Waals surface area contributed by atoms with Crippen molar-refractivity contribution in [3.05, 3.63) is 82.9 Å². The number of nitrogens with one attached hydrogen (secondary N) is 1. The third-order valence-electron chi connectivity index (χ3n) is 7.60. The Labute approximate surface area is 235 Å². The van der Waals surface area contributed by atoms with Crippen LogP contribution in [0, 0.1) is 22.7 Å². The minimum Gasteiger partial charge on any atom is -0.441 e. The topological polar surface area (TPSA) is 98.4 Å². The molecule has 5 rings (SSSR count). The molecule has 0 atom stereocenters. The van der Waals surface area contributed by atoms with Gasteiger partial charge in [0.25, 0.3) is 0 Å². The zero-order valence-corrected chi connectivity index (χ0v) is 22.1. The molecule has 3 aromatic rings. The lowest BCUT2D eigenvalue weighted by atomic mass is 9.86. The van der Waals surface area contributed by atoms with E-state index in [-0.39, 0.29) is 29.4 Å². The maximum atomic E-state index is 14.3. The summed E-state index contributed by atoms with van der Waals surface area (Å²) in [6.45, 7) is 3.01. The highest BCUT2D eigenvalue weighted by Crippen LogP contribution is 2.45. The number of amides is 1. The SMILES string of the molecule is N#Cc1cccc(-c2c(COCCN3CCC4(CC3)CNC(=O)O4)ccc(C(F)(F)F)c2-c2cccc(C#N)c2)c1. The summed E-state index contributed by atoms with van der Waals surface area (Å²) >= 11 is 0. The van der Waals surface area contributed by atoms with Crippen LogP contribution in [0.1, 0.15) is 35.1 Å². The molecule has 0 bridgehead atoms. The second kappa shape index (κ2) is 11.6. The Kier molecular flexibility index (Phi) is 7.98. The number of halogens is 3. The summed E-state index contributed by atoms with van der Waals surface area (Å²) in [5.41, 5.74) is 0.752. The van der Waals surface area contributed by atoms with Crippen LogP contribution in [0.2, 0.25) is 0 Å². The fourth-order valence-corrected chi connectivity index (χ4v) is 5.46. The van der Waals surface area contributed by atoms with Gasteiger partial charge >= 0.3 is 12.3 Å². The lowest BCUT2D eigenvalue weighted by molar-refractivity contribution is -0.137. The molecule has 1 N–H and O–H groups in total. The van der Waals surface area contributed by atoms with Crippen molar-refractivity contribution in [2.75, 3.05) is 32.8 Å². The fraction of sp³-hybridized carbons (Fsp3) is 0.323. The van der Waals surface area contributed by atoms with Crippen molar-refractivity contribution >= 4 is 6.09 Å². The van der Waals surface area contributed by atoms with E-state index in [1.54, 1.807) is 36.4 Å². The van der Waals surface area contributed by atoms with E-state index in [4.69, 9.17) is 9.47 Å². The van der Waals surface area contributed by atoms with Crippen LogP contribution < -0.4 is 5.32 Å². The summed E-state index contributed by atoms with van der Waals surface area (Å²) in [5, 5.41) is 21.6. The number of benzene rings is 3. The lowest BCUT2D eigenvalue weighted by Gasteiger charge is -2.37. The van der Waals surface area contributed by atoms with Gasteiger partial charge in [0.2, 0.25) is 0 Å². The fourth-order valence-electron chi connectivity index (χ4n) is 5.46. The number of likely N-dealkylation sites (tertiary alicyclic amines) is 1. The van der Waals surface area contributed by atoms with Gasteiger partial charge in [0, 0.05) is 38.0 Å². The minimum absolute atomic E-state index is 0.0501. The summed E-state index contributed by atoms with van der Waals surface area (Å²) in [6.07, 6.45) is -3.61. The first kappa shape index (κ1) is 28.2. The minimum atomic E-state index is -4.66. The maximum Gasteiger partial charge on any atom is 0.417 e. The second-order valence-corrected chi connectivity index (χ2v) is 10.2. The molecule has 1 spiro atoms. The Morgan fingerprint density at radius 1 is 0.951 bits per heavy atom. The molecule has 0 saturated carbocycles. The van der Waals surface area contributed by atoms with E-state index in [1.807, 2.05) is 6.07 Å². The van der Waals surface area contributed by atoms with Crippen LogP contribution in [0.5, 0.6) is 0 Å². The first-order valence-electron chi connectivity index (χ1n) is 13.2. The summed E-state index contributed by atoms with van der Waals surface area (Å²) in [7, 11) is 0. The van der Waals surface area contributed by atoms with E-state index in [9.17, 15) is 28.5 Å². The van der Waals surface area contributed by atoms with Crippen molar-refractivity contribution in [2.45, 2.75) is 31.2 Å². The van der Waals surface area contributed by atoms with Gasteiger partial charge in [-0.15, -0.1) is 0 Å². The number of hydrogen-bond donors (Lipinski definition) is 1.